The second-order valence-corrected chi connectivity index (χ2v) is 10.9. The van der Waals surface area contributed by atoms with Crippen molar-refractivity contribution in [1.29, 1.82) is 0 Å². The van der Waals surface area contributed by atoms with E-state index in [4.69, 9.17) is 11.6 Å². The zero-order valence-electron chi connectivity index (χ0n) is 24.4. The number of rotatable bonds is 9. The van der Waals surface area contributed by atoms with Gasteiger partial charge in [-0.3, -0.25) is 19.7 Å². The lowest BCUT2D eigenvalue weighted by atomic mass is 9.95. The van der Waals surface area contributed by atoms with Crippen molar-refractivity contribution in [3.63, 3.8) is 0 Å². The first-order valence-electron chi connectivity index (χ1n) is 14.0. The van der Waals surface area contributed by atoms with Gasteiger partial charge >= 0.3 is 6.09 Å². The number of carbonyl (C=O) groups is 3. The molecule has 1 fully saturated rings. The molecule has 3 N–H and O–H groups in total. The lowest BCUT2D eigenvalue weighted by Gasteiger charge is -2.22. The van der Waals surface area contributed by atoms with Crippen LogP contribution in [0.5, 0.6) is 0 Å². The molecule has 1 saturated heterocycles. The number of nitrogens with zero attached hydrogens (tertiary/aromatic N) is 6. The second-order valence-electron chi connectivity index (χ2n) is 10.4. The summed E-state index contributed by atoms with van der Waals surface area (Å²) in [7, 11) is 1.27. The minimum absolute atomic E-state index is 0.00415. The van der Waals surface area contributed by atoms with E-state index in [0.29, 0.717) is 58.3 Å². The summed E-state index contributed by atoms with van der Waals surface area (Å²) >= 11 is 6.22. The largest absolute Gasteiger partial charge is 0.453 e. The third-order valence-electron chi connectivity index (χ3n) is 7.42. The second kappa shape index (κ2) is 13.9. The molecule has 5 rings (SSSR count). The number of nitrogens with one attached hydrogen (secondary N) is 3. The summed E-state index contributed by atoms with van der Waals surface area (Å²) in [6, 6.07) is 12.8. The average Bonchev–Trinajstić information content (AvgIpc) is 3.74. The van der Waals surface area contributed by atoms with Crippen LogP contribution >= 0.6 is 11.6 Å². The summed E-state index contributed by atoms with van der Waals surface area (Å²) in [6.07, 6.45) is 5.06. The highest BCUT2D eigenvalue weighted by Crippen LogP contribution is 2.29. The van der Waals surface area contributed by atoms with Crippen LogP contribution in [0.25, 0.3) is 22.9 Å². The zero-order valence-corrected chi connectivity index (χ0v) is 25.2. The fourth-order valence-corrected chi connectivity index (χ4v) is 5.32. The number of carbonyl (C=O) groups excluding carboxylic acids is 3. The fourth-order valence-electron chi connectivity index (χ4n) is 5.14. The third kappa shape index (κ3) is 7.78. The lowest BCUT2D eigenvalue weighted by molar-refractivity contribution is -0.128. The number of hydrogen-bond acceptors (Lipinski definition) is 9. The molecule has 3 amide bonds. The number of H-pyrrole nitrogens is 1. The topological polar surface area (TPSA) is 177 Å². The van der Waals surface area contributed by atoms with Crippen molar-refractivity contribution in [3.8, 4) is 16.8 Å². The van der Waals surface area contributed by atoms with Gasteiger partial charge in [0.05, 0.1) is 30.1 Å². The summed E-state index contributed by atoms with van der Waals surface area (Å²) in [4.78, 5) is 51.4. The Bertz CT molecular complexity index is 1770. The quantitative estimate of drug-likeness (QED) is 0.234. The highest BCUT2D eigenvalue weighted by Gasteiger charge is 2.29. The summed E-state index contributed by atoms with van der Waals surface area (Å²) < 4.78 is 6.08. The number of anilines is 1. The average molecular weight is 632 g/mol. The molecule has 232 valence electrons. The van der Waals surface area contributed by atoms with Gasteiger partial charge in [0, 0.05) is 42.4 Å². The Morgan fingerprint density at radius 1 is 1.18 bits per heavy atom. The molecule has 2 atom stereocenters. The Hall–Kier alpha value is -5.37. The predicted octanol–water partition coefficient (Wildman–Crippen LogP) is 3.37. The predicted molar refractivity (Wildman–Crippen MR) is 165 cm³/mol. The van der Waals surface area contributed by atoms with Crippen molar-refractivity contribution in [3.05, 3.63) is 87.6 Å². The maximum absolute atomic E-state index is 13.3. The van der Waals surface area contributed by atoms with Crippen LogP contribution in [0.2, 0.25) is 5.02 Å². The van der Waals surface area contributed by atoms with Gasteiger partial charge in [-0.25, -0.2) is 9.89 Å². The van der Waals surface area contributed by atoms with Crippen LogP contribution in [-0.4, -0.2) is 73.4 Å². The van der Waals surface area contributed by atoms with Crippen LogP contribution in [0.4, 0.5) is 10.5 Å². The van der Waals surface area contributed by atoms with Gasteiger partial charge in [0.25, 0.3) is 5.56 Å². The Kier molecular flexibility index (Phi) is 9.63. The third-order valence-corrected chi connectivity index (χ3v) is 7.66. The van der Waals surface area contributed by atoms with Crippen LogP contribution in [-0.2, 0) is 14.3 Å². The monoisotopic (exact) mass is 631 g/mol. The molecular weight excluding hydrogens is 602 g/mol. The van der Waals surface area contributed by atoms with Crippen LogP contribution in [0.3, 0.4) is 0 Å². The summed E-state index contributed by atoms with van der Waals surface area (Å²) in [5.74, 6) is -0.309. The van der Waals surface area contributed by atoms with Gasteiger partial charge in [-0.05, 0) is 77.2 Å². The van der Waals surface area contributed by atoms with Crippen LogP contribution in [0.15, 0.2) is 65.7 Å². The van der Waals surface area contributed by atoms with Crippen molar-refractivity contribution < 1.29 is 19.1 Å². The molecule has 0 aliphatic carbocycles. The molecule has 4 aromatic rings. The molecular formula is C30H30ClN9O5. The van der Waals surface area contributed by atoms with Gasteiger partial charge in [0.15, 0.2) is 0 Å². The summed E-state index contributed by atoms with van der Waals surface area (Å²) in [5, 5.41) is 24.2. The molecule has 0 bridgehead atoms. The zero-order chi connectivity index (χ0) is 31.9. The number of aromatic amines is 1. The number of methoxy groups -OCH3 is 1. The van der Waals surface area contributed by atoms with Crippen molar-refractivity contribution in [2.75, 3.05) is 25.5 Å². The van der Waals surface area contributed by atoms with E-state index in [1.807, 2.05) is 0 Å². The van der Waals surface area contributed by atoms with Crippen LogP contribution in [0, 0.1) is 5.92 Å². The van der Waals surface area contributed by atoms with Gasteiger partial charge < -0.3 is 15.0 Å². The first-order valence-corrected chi connectivity index (χ1v) is 14.4. The number of hydrogen-bond donors (Lipinski definition) is 3. The van der Waals surface area contributed by atoms with E-state index >= 15 is 0 Å². The maximum Gasteiger partial charge on any atom is 0.411 e. The number of likely N-dealkylation sites (tertiary alicyclic amines) is 1. The molecule has 0 spiro atoms. The van der Waals surface area contributed by atoms with Gasteiger partial charge in [-0.15, -0.1) is 5.10 Å². The number of benzene rings is 2. The fraction of sp³-hybridized carbons (Fsp3) is 0.267. The molecule has 3 heterocycles. The van der Waals surface area contributed by atoms with E-state index in [9.17, 15) is 19.2 Å². The van der Waals surface area contributed by atoms with Crippen molar-refractivity contribution in [2.45, 2.75) is 25.8 Å². The van der Waals surface area contributed by atoms with E-state index in [2.05, 4.69) is 41.1 Å². The smallest absolute Gasteiger partial charge is 0.411 e. The number of halogens is 1. The minimum atomic E-state index is -0.614. The molecule has 2 aromatic heterocycles. The Morgan fingerprint density at radius 3 is 2.67 bits per heavy atom. The van der Waals surface area contributed by atoms with Crippen molar-refractivity contribution >= 4 is 41.3 Å². The van der Waals surface area contributed by atoms with E-state index in [-0.39, 0.29) is 11.8 Å². The molecule has 14 nitrogen and oxygen atoms in total. The summed E-state index contributed by atoms with van der Waals surface area (Å²) in [6.45, 7) is 2.72. The number of aromatic nitrogens is 6. The van der Waals surface area contributed by atoms with E-state index in [1.54, 1.807) is 59.5 Å². The normalized spacial score (nSPS) is 15.2. The highest BCUT2D eigenvalue weighted by molar-refractivity contribution is 6.30. The molecule has 1 unspecified atom stereocenters. The summed E-state index contributed by atoms with van der Waals surface area (Å²) in [5.41, 5.74) is 2.68. The first-order chi connectivity index (χ1) is 21.7. The molecule has 45 heavy (non-hydrogen) atoms. The van der Waals surface area contributed by atoms with E-state index in [0.717, 1.165) is 6.42 Å². The Balaban J connectivity index is 1.41. The molecule has 0 saturated carbocycles. The van der Waals surface area contributed by atoms with Gasteiger partial charge in [-0.1, -0.05) is 23.7 Å². The Labute approximate surface area is 262 Å². The van der Waals surface area contributed by atoms with Crippen LogP contribution < -0.4 is 16.2 Å². The first kappa shape index (κ1) is 31.1. The molecule has 2 aromatic carbocycles. The van der Waals surface area contributed by atoms with E-state index in [1.165, 1.54) is 31.1 Å². The molecule has 1 aliphatic rings. The SMILES string of the molecule is COC(=O)Nc1ccc(-c2cc(C(C[C@@H]3CCN(C(C)=O)C3)NC(=O)/C=C/c3cc(Cl)ccc3-n3cnnn3)n[nH]c2=O)cc1. The van der Waals surface area contributed by atoms with Gasteiger partial charge in [0.2, 0.25) is 11.8 Å². The lowest BCUT2D eigenvalue weighted by Crippen LogP contribution is -2.31. The molecule has 15 heteroatoms. The van der Waals surface area contributed by atoms with Gasteiger partial charge in [-0.2, -0.15) is 9.78 Å². The van der Waals surface area contributed by atoms with Crippen LogP contribution in [0.1, 0.15) is 37.1 Å². The number of ether oxygens (including phenoxy) is 1. The Morgan fingerprint density at radius 2 is 1.98 bits per heavy atom. The molecule has 0 radical (unpaired) electrons. The van der Waals surface area contributed by atoms with Gasteiger partial charge in [0.1, 0.15) is 6.33 Å². The van der Waals surface area contributed by atoms with Crippen molar-refractivity contribution in [1.82, 2.24) is 40.6 Å². The maximum atomic E-state index is 13.3. The van der Waals surface area contributed by atoms with E-state index < -0.39 is 23.6 Å². The number of amides is 3. The standard InChI is InChI=1S/C30H30ClN9O5/c1-18(41)39-12-11-19(16-39)13-25(34-28(42)10-5-21-14-22(31)6-9-27(21)40-17-32-37-38-40)26-15-24(29(43)36-35-26)20-3-7-23(8-4-20)33-30(44)45-2/h3-10,14-15,17,19,25H,11-13,16H2,1-2H3,(H,33,44)(H,34,42)(H,36,43)/b10-5+/t19-,25?/m0/s1. The minimum Gasteiger partial charge on any atom is -0.453 e. The number of tetrazole rings is 1. The highest BCUT2D eigenvalue weighted by atomic mass is 35.5. The molecule has 1 aliphatic heterocycles. The van der Waals surface area contributed by atoms with Crippen molar-refractivity contribution in [2.24, 2.45) is 5.92 Å².